The predicted molar refractivity (Wildman–Crippen MR) is 67.8 cm³/mol. The van der Waals surface area contributed by atoms with E-state index in [0.717, 1.165) is 5.56 Å². The smallest absolute Gasteiger partial charge is 0.321 e. The van der Waals surface area contributed by atoms with E-state index < -0.39 is 4.92 Å². The number of ether oxygens (including phenoxy) is 1. The van der Waals surface area contributed by atoms with Crippen LogP contribution >= 0.6 is 0 Å². The monoisotopic (exact) mass is 260 g/mol. The molecular weight excluding hydrogens is 248 g/mol. The number of nitrogens with zero attached hydrogens (tertiary/aromatic N) is 3. The molecule has 0 spiro atoms. The zero-order valence-electron chi connectivity index (χ0n) is 10.2. The third-order valence-electron chi connectivity index (χ3n) is 2.49. The van der Waals surface area contributed by atoms with Gasteiger partial charge in [0.05, 0.1) is 4.92 Å². The first kappa shape index (κ1) is 12.9. The zero-order valence-corrected chi connectivity index (χ0v) is 10.2. The lowest BCUT2D eigenvalue weighted by molar-refractivity contribution is -0.384. The summed E-state index contributed by atoms with van der Waals surface area (Å²) < 4.78 is 5.46. The Balaban J connectivity index is 2.20. The summed E-state index contributed by atoms with van der Waals surface area (Å²) in [5.41, 5.74) is 6.89. The van der Waals surface area contributed by atoms with Crippen LogP contribution in [-0.4, -0.2) is 14.9 Å². The van der Waals surface area contributed by atoms with Crippen LogP contribution in [0.4, 0.5) is 5.69 Å². The van der Waals surface area contributed by atoms with Crippen molar-refractivity contribution < 1.29 is 9.66 Å². The highest BCUT2D eigenvalue weighted by molar-refractivity contribution is 5.43. The quantitative estimate of drug-likeness (QED) is 0.665. The Bertz CT molecular complexity index is 598. The molecule has 0 aliphatic heterocycles. The maximum atomic E-state index is 10.6. The van der Waals surface area contributed by atoms with Crippen LogP contribution in [0, 0.1) is 17.0 Å². The van der Waals surface area contributed by atoms with Gasteiger partial charge in [-0.1, -0.05) is 0 Å². The summed E-state index contributed by atoms with van der Waals surface area (Å²) in [6.45, 7) is 2.08. The van der Waals surface area contributed by atoms with Gasteiger partial charge in [-0.05, 0) is 18.6 Å². The van der Waals surface area contributed by atoms with Gasteiger partial charge < -0.3 is 10.5 Å². The Kier molecular flexibility index (Phi) is 3.67. The van der Waals surface area contributed by atoms with Gasteiger partial charge in [0.15, 0.2) is 0 Å². The first-order valence-corrected chi connectivity index (χ1v) is 5.54. The molecule has 0 amide bonds. The normalized spacial score (nSPS) is 10.2. The molecule has 1 aromatic heterocycles. The molecule has 19 heavy (non-hydrogen) atoms. The molecule has 0 fully saturated rings. The topological polar surface area (TPSA) is 104 Å². The molecule has 2 N–H and O–H groups in total. The summed E-state index contributed by atoms with van der Waals surface area (Å²) in [6, 6.07) is 4.50. The minimum Gasteiger partial charge on any atom is -0.424 e. The van der Waals surface area contributed by atoms with Gasteiger partial charge >= 0.3 is 6.01 Å². The number of nitro benzene ring substituents is 1. The van der Waals surface area contributed by atoms with Crippen molar-refractivity contribution in [2.45, 2.75) is 13.5 Å². The average Bonchev–Trinajstić information content (AvgIpc) is 2.41. The van der Waals surface area contributed by atoms with Crippen molar-refractivity contribution in [1.29, 1.82) is 0 Å². The van der Waals surface area contributed by atoms with Crippen LogP contribution in [0.1, 0.15) is 11.1 Å². The number of aromatic nitrogens is 2. The van der Waals surface area contributed by atoms with E-state index >= 15 is 0 Å². The van der Waals surface area contributed by atoms with E-state index in [1.807, 2.05) is 0 Å². The number of hydrogen-bond donors (Lipinski definition) is 1. The lowest BCUT2D eigenvalue weighted by atomic mass is 10.2. The first-order chi connectivity index (χ1) is 9.10. The van der Waals surface area contributed by atoms with Crippen LogP contribution in [0.25, 0.3) is 0 Å². The number of nitro groups is 1. The molecule has 1 aromatic carbocycles. The number of rotatable bonds is 4. The first-order valence-electron chi connectivity index (χ1n) is 5.54. The van der Waals surface area contributed by atoms with Gasteiger partial charge in [0.25, 0.3) is 5.69 Å². The fraction of sp³-hybridized carbons (Fsp3) is 0.167. The van der Waals surface area contributed by atoms with Gasteiger partial charge in [0, 0.05) is 36.6 Å². The maximum Gasteiger partial charge on any atom is 0.321 e. The van der Waals surface area contributed by atoms with Crippen LogP contribution < -0.4 is 10.5 Å². The Morgan fingerprint density at radius 1 is 1.37 bits per heavy atom. The van der Waals surface area contributed by atoms with Crippen molar-refractivity contribution in [3.05, 3.63) is 51.8 Å². The summed E-state index contributed by atoms with van der Waals surface area (Å²) in [5.74, 6) is 0.478. The molecule has 0 atom stereocenters. The van der Waals surface area contributed by atoms with Gasteiger partial charge in [0.1, 0.15) is 5.75 Å². The van der Waals surface area contributed by atoms with Crippen molar-refractivity contribution in [3.8, 4) is 11.8 Å². The molecule has 0 bridgehead atoms. The highest BCUT2D eigenvalue weighted by atomic mass is 16.6. The van der Waals surface area contributed by atoms with E-state index in [9.17, 15) is 10.1 Å². The molecule has 7 heteroatoms. The summed E-state index contributed by atoms with van der Waals surface area (Å²) >= 11 is 0. The molecule has 1 heterocycles. The lowest BCUT2D eigenvalue weighted by Gasteiger charge is -2.06. The molecule has 98 valence electrons. The summed E-state index contributed by atoms with van der Waals surface area (Å²) in [4.78, 5) is 18.2. The Hall–Kier alpha value is -2.54. The van der Waals surface area contributed by atoms with E-state index in [1.54, 1.807) is 19.3 Å². The van der Waals surface area contributed by atoms with E-state index in [0.29, 0.717) is 17.9 Å². The van der Waals surface area contributed by atoms with Crippen molar-refractivity contribution in [2.75, 3.05) is 0 Å². The van der Waals surface area contributed by atoms with E-state index in [4.69, 9.17) is 10.5 Å². The van der Waals surface area contributed by atoms with Crippen molar-refractivity contribution in [3.63, 3.8) is 0 Å². The fourth-order valence-electron chi connectivity index (χ4n) is 1.46. The van der Waals surface area contributed by atoms with Gasteiger partial charge in [-0.3, -0.25) is 10.1 Å². The van der Waals surface area contributed by atoms with Crippen LogP contribution in [0.15, 0.2) is 30.6 Å². The lowest BCUT2D eigenvalue weighted by Crippen LogP contribution is -2.00. The Morgan fingerprint density at radius 2 is 2.05 bits per heavy atom. The number of non-ortho nitro benzene ring substituents is 1. The number of nitrogens with two attached hydrogens (primary N) is 1. The van der Waals surface area contributed by atoms with E-state index in [1.165, 1.54) is 18.2 Å². The third kappa shape index (κ3) is 3.02. The average molecular weight is 260 g/mol. The molecule has 0 unspecified atom stereocenters. The van der Waals surface area contributed by atoms with Crippen LogP contribution in [0.5, 0.6) is 11.8 Å². The molecular formula is C12H12N4O3. The summed E-state index contributed by atoms with van der Waals surface area (Å²) in [7, 11) is 0. The molecule has 0 saturated heterocycles. The van der Waals surface area contributed by atoms with Crippen LogP contribution in [-0.2, 0) is 6.54 Å². The highest BCUT2D eigenvalue weighted by Gasteiger charge is 2.10. The van der Waals surface area contributed by atoms with Crippen LogP contribution in [0.3, 0.4) is 0 Å². The SMILES string of the molecule is Cc1cc([N+](=O)[O-])ccc1Oc1ncc(CN)cn1. The van der Waals surface area contributed by atoms with Crippen molar-refractivity contribution >= 4 is 5.69 Å². The maximum absolute atomic E-state index is 10.6. The molecule has 7 nitrogen and oxygen atoms in total. The molecule has 2 rings (SSSR count). The van der Waals surface area contributed by atoms with Crippen molar-refractivity contribution in [2.24, 2.45) is 5.73 Å². The van der Waals surface area contributed by atoms with Gasteiger partial charge in [-0.25, -0.2) is 9.97 Å². The fourth-order valence-corrected chi connectivity index (χ4v) is 1.46. The second kappa shape index (κ2) is 5.40. The standard InChI is InChI=1S/C12H12N4O3/c1-8-4-10(16(17)18)2-3-11(8)19-12-14-6-9(5-13)7-15-12/h2-4,6-7H,5,13H2,1H3. The second-order valence-electron chi connectivity index (χ2n) is 3.89. The number of benzene rings is 1. The molecule has 0 aliphatic carbocycles. The van der Waals surface area contributed by atoms with Crippen LogP contribution in [0.2, 0.25) is 0 Å². The second-order valence-corrected chi connectivity index (χ2v) is 3.89. The van der Waals surface area contributed by atoms with Gasteiger partial charge in [-0.2, -0.15) is 0 Å². The van der Waals surface area contributed by atoms with Gasteiger partial charge in [-0.15, -0.1) is 0 Å². The van der Waals surface area contributed by atoms with Crippen molar-refractivity contribution in [1.82, 2.24) is 9.97 Å². The largest absolute Gasteiger partial charge is 0.424 e. The van der Waals surface area contributed by atoms with E-state index in [-0.39, 0.29) is 11.7 Å². The molecule has 0 saturated carbocycles. The summed E-state index contributed by atoms with van der Waals surface area (Å²) in [6.07, 6.45) is 3.14. The molecule has 0 aliphatic rings. The Labute approximate surface area is 109 Å². The van der Waals surface area contributed by atoms with E-state index in [2.05, 4.69) is 9.97 Å². The third-order valence-corrected chi connectivity index (χ3v) is 2.49. The zero-order chi connectivity index (χ0) is 13.8. The predicted octanol–water partition coefficient (Wildman–Crippen LogP) is 1.94. The minimum atomic E-state index is -0.455. The minimum absolute atomic E-state index is 0.0178. The molecule has 0 radical (unpaired) electrons. The summed E-state index contributed by atoms with van der Waals surface area (Å²) in [5, 5.41) is 10.6. The molecule has 2 aromatic rings. The highest BCUT2D eigenvalue weighted by Crippen LogP contribution is 2.26. The van der Waals surface area contributed by atoms with Gasteiger partial charge in [0.2, 0.25) is 0 Å². The number of aryl methyl sites for hydroxylation is 1. The Morgan fingerprint density at radius 3 is 2.58 bits per heavy atom. The number of hydrogen-bond acceptors (Lipinski definition) is 6.